The second kappa shape index (κ2) is 9.63. The number of ether oxygens (including phenoxy) is 2. The quantitative estimate of drug-likeness (QED) is 0.582. The molecule has 0 bridgehead atoms. The van der Waals surface area contributed by atoms with Gasteiger partial charge in [0.15, 0.2) is 6.61 Å². The van der Waals surface area contributed by atoms with Crippen LogP contribution in [-0.2, 0) is 14.3 Å². The minimum Gasteiger partial charge on any atom is -0.492 e. The molecule has 2 rings (SSSR count). The van der Waals surface area contributed by atoms with Crippen LogP contribution in [0.5, 0.6) is 5.75 Å². The van der Waals surface area contributed by atoms with Gasteiger partial charge in [-0.3, -0.25) is 4.79 Å². The summed E-state index contributed by atoms with van der Waals surface area (Å²) in [6.07, 6.45) is 2.83. The first-order chi connectivity index (χ1) is 12.5. The molecule has 1 amide bonds. The van der Waals surface area contributed by atoms with E-state index in [9.17, 15) is 9.59 Å². The van der Waals surface area contributed by atoms with E-state index < -0.39 is 18.5 Å². The monoisotopic (exact) mass is 373 g/mol. The lowest BCUT2D eigenvalue weighted by atomic mass is 10.1. The van der Waals surface area contributed by atoms with Crippen LogP contribution in [0.25, 0.3) is 6.08 Å². The van der Waals surface area contributed by atoms with E-state index in [4.69, 9.17) is 21.1 Å². The normalized spacial score (nSPS) is 10.6. The fourth-order valence-electron chi connectivity index (χ4n) is 2.10. The largest absolute Gasteiger partial charge is 0.492 e. The van der Waals surface area contributed by atoms with Crippen molar-refractivity contribution in [3.8, 4) is 5.75 Å². The van der Waals surface area contributed by atoms with Gasteiger partial charge in [-0.25, -0.2) is 4.79 Å². The first-order valence-electron chi connectivity index (χ1n) is 8.12. The Kier molecular flexibility index (Phi) is 7.24. The zero-order chi connectivity index (χ0) is 18.9. The molecule has 1 N–H and O–H groups in total. The molecule has 0 fully saturated rings. The Balaban J connectivity index is 1.86. The number of halogens is 1. The minimum atomic E-state index is -0.616. The van der Waals surface area contributed by atoms with Gasteiger partial charge in [-0.15, -0.1) is 0 Å². The number of rotatable bonds is 7. The Morgan fingerprint density at radius 1 is 1.19 bits per heavy atom. The van der Waals surface area contributed by atoms with Crippen molar-refractivity contribution in [3.63, 3.8) is 0 Å². The zero-order valence-electron chi connectivity index (χ0n) is 14.6. The number of hydrogen-bond acceptors (Lipinski definition) is 4. The topological polar surface area (TPSA) is 64.6 Å². The molecule has 0 radical (unpaired) electrons. The molecule has 0 atom stereocenters. The maximum atomic E-state index is 11.9. The summed E-state index contributed by atoms with van der Waals surface area (Å²) in [4.78, 5) is 23.7. The van der Waals surface area contributed by atoms with E-state index in [1.807, 2.05) is 32.0 Å². The van der Waals surface area contributed by atoms with Crippen molar-refractivity contribution in [1.29, 1.82) is 0 Å². The number of carbonyl (C=O) groups is 2. The molecular formula is C20H20ClNO4. The second-order valence-corrected chi connectivity index (χ2v) is 5.83. The van der Waals surface area contributed by atoms with Crippen molar-refractivity contribution in [1.82, 2.24) is 0 Å². The lowest BCUT2D eigenvalue weighted by molar-refractivity contribution is -0.142. The molecule has 0 aliphatic carbocycles. The van der Waals surface area contributed by atoms with E-state index in [-0.39, 0.29) is 0 Å². The Hall–Kier alpha value is -2.79. The van der Waals surface area contributed by atoms with Gasteiger partial charge in [0.25, 0.3) is 5.91 Å². The molecule has 0 aliphatic heterocycles. The van der Waals surface area contributed by atoms with Gasteiger partial charge in [-0.2, -0.15) is 0 Å². The van der Waals surface area contributed by atoms with Crippen LogP contribution in [0.1, 0.15) is 18.1 Å². The maximum Gasteiger partial charge on any atom is 0.331 e. The van der Waals surface area contributed by atoms with Crippen LogP contribution < -0.4 is 10.1 Å². The molecule has 0 heterocycles. The predicted molar refractivity (Wildman–Crippen MR) is 102 cm³/mol. The van der Waals surface area contributed by atoms with E-state index >= 15 is 0 Å². The van der Waals surface area contributed by atoms with Crippen molar-refractivity contribution < 1.29 is 19.1 Å². The van der Waals surface area contributed by atoms with Crippen molar-refractivity contribution in [3.05, 3.63) is 64.7 Å². The number of esters is 1. The van der Waals surface area contributed by atoms with Gasteiger partial charge in [0.1, 0.15) is 5.75 Å². The van der Waals surface area contributed by atoms with Crippen LogP contribution in [0.15, 0.2) is 48.5 Å². The third kappa shape index (κ3) is 5.93. The van der Waals surface area contributed by atoms with Crippen molar-refractivity contribution >= 4 is 35.2 Å². The standard InChI is InChI=1S/C20H20ClNO4/c1-3-25-18-7-5-4-6-17(18)22-19(23)13-26-20(24)11-10-15-9-8-14(2)16(21)12-15/h4-12H,3,13H2,1-2H3,(H,22,23)/b11-10+. The van der Waals surface area contributed by atoms with Crippen molar-refractivity contribution in [2.75, 3.05) is 18.5 Å². The highest BCUT2D eigenvalue weighted by Gasteiger charge is 2.09. The fourth-order valence-corrected chi connectivity index (χ4v) is 2.29. The summed E-state index contributed by atoms with van der Waals surface area (Å²) in [5.41, 5.74) is 2.25. The van der Waals surface area contributed by atoms with Crippen LogP contribution in [0.2, 0.25) is 5.02 Å². The summed E-state index contributed by atoms with van der Waals surface area (Å²) >= 11 is 6.03. The second-order valence-electron chi connectivity index (χ2n) is 5.43. The third-order valence-corrected chi connectivity index (χ3v) is 3.82. The molecule has 2 aromatic carbocycles. The van der Waals surface area contributed by atoms with E-state index in [2.05, 4.69) is 5.32 Å². The molecule has 0 saturated heterocycles. The van der Waals surface area contributed by atoms with Gasteiger partial charge in [0, 0.05) is 11.1 Å². The highest BCUT2D eigenvalue weighted by Crippen LogP contribution is 2.23. The summed E-state index contributed by atoms with van der Waals surface area (Å²) in [6, 6.07) is 12.5. The van der Waals surface area contributed by atoms with E-state index in [1.165, 1.54) is 6.08 Å². The highest BCUT2D eigenvalue weighted by molar-refractivity contribution is 6.31. The Labute approximate surface area is 157 Å². The summed E-state index contributed by atoms with van der Waals surface area (Å²) in [6.45, 7) is 3.84. The number of nitrogens with one attached hydrogen (secondary N) is 1. The average molecular weight is 374 g/mol. The van der Waals surface area contributed by atoms with Gasteiger partial charge >= 0.3 is 5.97 Å². The number of benzene rings is 2. The lowest BCUT2D eigenvalue weighted by Crippen LogP contribution is -2.20. The molecule has 0 unspecified atom stereocenters. The molecule has 0 saturated carbocycles. The van der Waals surface area contributed by atoms with Crippen LogP contribution in [0, 0.1) is 6.92 Å². The first kappa shape index (κ1) is 19.5. The SMILES string of the molecule is CCOc1ccccc1NC(=O)COC(=O)/C=C/c1ccc(C)c(Cl)c1. The van der Waals surface area contributed by atoms with Gasteiger partial charge < -0.3 is 14.8 Å². The Morgan fingerprint density at radius 2 is 1.96 bits per heavy atom. The van der Waals surface area contributed by atoms with Gasteiger partial charge in [0.2, 0.25) is 0 Å². The molecule has 26 heavy (non-hydrogen) atoms. The molecule has 136 valence electrons. The maximum absolute atomic E-state index is 11.9. The predicted octanol–water partition coefficient (Wildman–Crippen LogP) is 4.24. The average Bonchev–Trinajstić information content (AvgIpc) is 2.63. The molecule has 2 aromatic rings. The summed E-state index contributed by atoms with van der Waals surface area (Å²) in [5, 5.41) is 3.27. The number of carbonyl (C=O) groups excluding carboxylic acids is 2. The fraction of sp³-hybridized carbons (Fsp3) is 0.200. The molecule has 0 spiro atoms. The van der Waals surface area contributed by atoms with Crippen molar-refractivity contribution in [2.24, 2.45) is 0 Å². The molecule has 5 nitrogen and oxygen atoms in total. The Bertz CT molecular complexity index is 817. The number of aryl methyl sites for hydroxylation is 1. The smallest absolute Gasteiger partial charge is 0.331 e. The summed E-state index contributed by atoms with van der Waals surface area (Å²) in [5.74, 6) is -0.502. The summed E-state index contributed by atoms with van der Waals surface area (Å²) < 4.78 is 10.4. The minimum absolute atomic E-state index is 0.391. The third-order valence-electron chi connectivity index (χ3n) is 3.41. The number of para-hydroxylation sites is 2. The van der Waals surface area contributed by atoms with E-state index in [1.54, 1.807) is 30.3 Å². The number of amides is 1. The zero-order valence-corrected chi connectivity index (χ0v) is 15.4. The van der Waals surface area contributed by atoms with Gasteiger partial charge in [-0.05, 0) is 49.2 Å². The first-order valence-corrected chi connectivity index (χ1v) is 8.50. The van der Waals surface area contributed by atoms with Crippen LogP contribution in [0.3, 0.4) is 0 Å². The van der Waals surface area contributed by atoms with Crippen LogP contribution >= 0.6 is 11.6 Å². The van der Waals surface area contributed by atoms with Crippen LogP contribution in [-0.4, -0.2) is 25.1 Å². The Morgan fingerprint density at radius 3 is 2.69 bits per heavy atom. The van der Waals surface area contributed by atoms with Crippen molar-refractivity contribution in [2.45, 2.75) is 13.8 Å². The van der Waals surface area contributed by atoms with Gasteiger partial charge in [0.05, 0.1) is 12.3 Å². The summed E-state index contributed by atoms with van der Waals surface area (Å²) in [7, 11) is 0. The number of anilines is 1. The molecule has 6 heteroatoms. The van der Waals surface area contributed by atoms with E-state index in [0.29, 0.717) is 23.1 Å². The molecular weight excluding hydrogens is 354 g/mol. The van der Waals surface area contributed by atoms with Crippen LogP contribution in [0.4, 0.5) is 5.69 Å². The van der Waals surface area contributed by atoms with Gasteiger partial charge in [-0.1, -0.05) is 35.9 Å². The molecule has 0 aromatic heterocycles. The molecule has 0 aliphatic rings. The van der Waals surface area contributed by atoms with E-state index in [0.717, 1.165) is 11.1 Å². The number of hydrogen-bond donors (Lipinski definition) is 1. The highest BCUT2D eigenvalue weighted by atomic mass is 35.5. The lowest BCUT2D eigenvalue weighted by Gasteiger charge is -2.11.